The summed E-state index contributed by atoms with van der Waals surface area (Å²) in [6.07, 6.45) is 6.81. The highest BCUT2D eigenvalue weighted by molar-refractivity contribution is 7.92. The molecule has 1 aliphatic rings. The molecule has 118 valence electrons. The largest absolute Gasteiger partial charge is 0.298 e. The minimum Gasteiger partial charge on any atom is -0.298 e. The van der Waals surface area contributed by atoms with Gasteiger partial charge in [0.2, 0.25) is 0 Å². The summed E-state index contributed by atoms with van der Waals surface area (Å²) in [5, 5.41) is 4.10. The number of nitrogens with zero attached hydrogens (tertiary/aromatic N) is 4. The van der Waals surface area contributed by atoms with Gasteiger partial charge in [0.25, 0.3) is 0 Å². The zero-order valence-electron chi connectivity index (χ0n) is 12.3. The molecule has 1 saturated heterocycles. The van der Waals surface area contributed by atoms with Crippen molar-refractivity contribution in [1.82, 2.24) is 19.5 Å². The lowest BCUT2D eigenvalue weighted by Crippen LogP contribution is -2.34. The molecule has 22 heavy (non-hydrogen) atoms. The Bertz CT molecular complexity index is 730. The summed E-state index contributed by atoms with van der Waals surface area (Å²) in [6, 6.07) is 4.02. The number of rotatable bonds is 4. The molecule has 0 N–H and O–H groups in total. The Kier molecular flexibility index (Phi) is 4.51. The van der Waals surface area contributed by atoms with Crippen LogP contribution in [0.25, 0.3) is 0 Å². The Hall–Kier alpha value is -1.38. The van der Waals surface area contributed by atoms with Crippen molar-refractivity contribution >= 4 is 21.4 Å². The van der Waals surface area contributed by atoms with Crippen molar-refractivity contribution in [2.75, 3.05) is 19.3 Å². The van der Waals surface area contributed by atoms with Gasteiger partial charge in [0, 0.05) is 49.2 Å². The summed E-state index contributed by atoms with van der Waals surface area (Å²) < 4.78 is 27.9. The fourth-order valence-corrected chi connectivity index (χ4v) is 4.60. The van der Waals surface area contributed by atoms with Crippen LogP contribution in [0.4, 0.5) is 0 Å². The fourth-order valence-electron chi connectivity index (χ4n) is 2.86. The quantitative estimate of drug-likeness (QED) is 0.845. The third-order valence-corrected chi connectivity index (χ3v) is 6.42. The third kappa shape index (κ3) is 3.50. The monoisotopic (exact) mass is 338 g/mol. The molecule has 0 radical (unpaired) electrons. The maximum Gasteiger partial charge on any atom is 0.188 e. The molecule has 0 bridgehead atoms. The van der Waals surface area contributed by atoms with E-state index in [0.29, 0.717) is 9.90 Å². The van der Waals surface area contributed by atoms with Crippen LogP contribution in [0.3, 0.4) is 0 Å². The first-order chi connectivity index (χ1) is 10.5. The van der Waals surface area contributed by atoms with Crippen molar-refractivity contribution in [3.8, 4) is 0 Å². The van der Waals surface area contributed by atoms with Crippen molar-refractivity contribution < 1.29 is 8.42 Å². The number of hydrogen-bond acceptors (Lipinski definition) is 7. The maximum absolute atomic E-state index is 11.8. The second-order valence-electron chi connectivity index (χ2n) is 5.65. The highest BCUT2D eigenvalue weighted by Gasteiger charge is 2.29. The first-order valence-electron chi connectivity index (χ1n) is 7.17. The predicted molar refractivity (Wildman–Crippen MR) is 84.5 cm³/mol. The Labute approximate surface area is 134 Å². The highest BCUT2D eigenvalue weighted by Crippen LogP contribution is 2.32. The zero-order chi connectivity index (χ0) is 15.6. The van der Waals surface area contributed by atoms with Gasteiger partial charge >= 0.3 is 0 Å². The molecule has 1 aliphatic heterocycles. The molecular weight excluding hydrogens is 320 g/mol. The van der Waals surface area contributed by atoms with Gasteiger partial charge in [-0.15, -0.1) is 5.10 Å². The molecule has 0 aromatic carbocycles. The van der Waals surface area contributed by atoms with Crippen molar-refractivity contribution in [2.24, 2.45) is 0 Å². The predicted octanol–water partition coefficient (Wildman–Crippen LogP) is 1.72. The van der Waals surface area contributed by atoms with Gasteiger partial charge in [-0.2, -0.15) is 0 Å². The van der Waals surface area contributed by atoms with E-state index in [2.05, 4.69) is 19.5 Å². The Balaban J connectivity index is 1.75. The second kappa shape index (κ2) is 6.39. The van der Waals surface area contributed by atoms with Crippen LogP contribution in [0, 0.1) is 0 Å². The minimum absolute atomic E-state index is 0.138. The van der Waals surface area contributed by atoms with Crippen molar-refractivity contribution in [1.29, 1.82) is 0 Å². The number of pyridine rings is 1. The van der Waals surface area contributed by atoms with Gasteiger partial charge in [0.15, 0.2) is 14.0 Å². The Morgan fingerprint density at radius 1 is 1.36 bits per heavy atom. The summed E-state index contributed by atoms with van der Waals surface area (Å²) >= 11 is 0.979. The van der Waals surface area contributed by atoms with E-state index < -0.39 is 9.84 Å². The lowest BCUT2D eigenvalue weighted by atomic mass is 9.95. The maximum atomic E-state index is 11.8. The van der Waals surface area contributed by atoms with Crippen LogP contribution in [0.2, 0.25) is 0 Å². The first-order valence-corrected chi connectivity index (χ1v) is 9.84. The summed E-state index contributed by atoms with van der Waals surface area (Å²) in [5.41, 5.74) is 1.86. The van der Waals surface area contributed by atoms with Crippen LogP contribution in [-0.2, 0) is 16.4 Å². The standard InChI is InChI=1S/C14H18N4O2S2/c1-22(19,20)14-13(16-17-21-14)12-3-2-8-18(10-12)9-11-4-6-15-7-5-11/h4-7,12H,2-3,8-10H2,1H3/t12-/m1/s1. The Morgan fingerprint density at radius 2 is 2.14 bits per heavy atom. The van der Waals surface area contributed by atoms with Crippen LogP contribution >= 0.6 is 11.5 Å². The van der Waals surface area contributed by atoms with Gasteiger partial charge in [-0.3, -0.25) is 9.88 Å². The van der Waals surface area contributed by atoms with Crippen LogP contribution in [-0.4, -0.2) is 47.2 Å². The normalized spacial score (nSPS) is 20.1. The summed E-state index contributed by atoms with van der Waals surface area (Å²) in [4.78, 5) is 6.37. The van der Waals surface area contributed by atoms with Crippen molar-refractivity contribution in [2.45, 2.75) is 29.5 Å². The third-order valence-electron chi connectivity index (χ3n) is 3.87. The molecular formula is C14H18N4O2S2. The van der Waals surface area contributed by atoms with Gasteiger partial charge in [-0.25, -0.2) is 8.42 Å². The smallest absolute Gasteiger partial charge is 0.188 e. The van der Waals surface area contributed by atoms with Crippen LogP contribution < -0.4 is 0 Å². The van der Waals surface area contributed by atoms with Crippen molar-refractivity contribution in [3.63, 3.8) is 0 Å². The molecule has 0 aliphatic carbocycles. The van der Waals surface area contributed by atoms with E-state index in [9.17, 15) is 8.42 Å². The summed E-state index contributed by atoms with van der Waals surface area (Å²) in [6.45, 7) is 2.69. The van der Waals surface area contributed by atoms with Gasteiger partial charge in [0.05, 0.1) is 5.69 Å². The Morgan fingerprint density at radius 3 is 2.86 bits per heavy atom. The van der Waals surface area contributed by atoms with E-state index in [-0.39, 0.29) is 5.92 Å². The molecule has 0 unspecified atom stereocenters. The molecule has 3 rings (SSSR count). The molecule has 3 heterocycles. The number of piperidine rings is 1. The van der Waals surface area contributed by atoms with Gasteiger partial charge in [-0.1, -0.05) is 4.49 Å². The van der Waals surface area contributed by atoms with Crippen LogP contribution in [0.1, 0.15) is 30.0 Å². The van der Waals surface area contributed by atoms with E-state index in [1.165, 1.54) is 11.8 Å². The molecule has 1 fully saturated rings. The van der Waals surface area contributed by atoms with E-state index >= 15 is 0 Å². The van der Waals surface area contributed by atoms with Crippen LogP contribution in [0.5, 0.6) is 0 Å². The first kappa shape index (κ1) is 15.5. The van der Waals surface area contributed by atoms with Crippen LogP contribution in [0.15, 0.2) is 28.7 Å². The number of likely N-dealkylation sites (tertiary alicyclic amines) is 1. The minimum atomic E-state index is -3.25. The lowest BCUT2D eigenvalue weighted by molar-refractivity contribution is 0.197. The van der Waals surface area contributed by atoms with E-state index in [1.54, 1.807) is 12.4 Å². The second-order valence-corrected chi connectivity index (χ2v) is 8.61. The summed E-state index contributed by atoms with van der Waals surface area (Å²) in [7, 11) is -3.25. The highest BCUT2D eigenvalue weighted by atomic mass is 32.2. The van der Waals surface area contributed by atoms with Crippen molar-refractivity contribution in [3.05, 3.63) is 35.8 Å². The van der Waals surface area contributed by atoms with Gasteiger partial charge in [-0.05, 0) is 37.1 Å². The average Bonchev–Trinajstić information content (AvgIpc) is 2.98. The average molecular weight is 338 g/mol. The topological polar surface area (TPSA) is 76.1 Å². The SMILES string of the molecule is CS(=O)(=O)c1snnc1[C@@H]1CCCN(Cc2ccncc2)C1. The van der Waals surface area contributed by atoms with Gasteiger partial charge in [0.1, 0.15) is 0 Å². The molecule has 1 atom stereocenters. The van der Waals surface area contributed by atoms with E-state index in [1.807, 2.05) is 12.1 Å². The van der Waals surface area contributed by atoms with E-state index in [4.69, 9.17) is 0 Å². The molecule has 6 nitrogen and oxygen atoms in total. The molecule has 8 heteroatoms. The molecule has 2 aromatic rings. The molecule has 0 saturated carbocycles. The molecule has 0 amide bonds. The number of aromatic nitrogens is 3. The van der Waals surface area contributed by atoms with Gasteiger partial charge < -0.3 is 0 Å². The zero-order valence-corrected chi connectivity index (χ0v) is 14.0. The van der Waals surface area contributed by atoms with E-state index in [0.717, 1.165) is 44.0 Å². The lowest BCUT2D eigenvalue weighted by Gasteiger charge is -2.32. The number of hydrogen-bond donors (Lipinski definition) is 0. The molecule has 0 spiro atoms. The fraction of sp³-hybridized carbons (Fsp3) is 0.500. The summed E-state index contributed by atoms with van der Waals surface area (Å²) in [5.74, 6) is 0.138. The number of sulfone groups is 1. The molecule has 2 aromatic heterocycles.